The molecule has 0 radical (unpaired) electrons. The van der Waals surface area contributed by atoms with E-state index in [0.717, 1.165) is 11.3 Å². The van der Waals surface area contributed by atoms with Gasteiger partial charge in [0.2, 0.25) is 11.8 Å². The number of anilines is 1. The molecule has 7 heteroatoms. The second kappa shape index (κ2) is 6.43. The van der Waals surface area contributed by atoms with Crippen LogP contribution in [-0.2, 0) is 22.7 Å². The minimum Gasteiger partial charge on any atom is -0.350 e. The average Bonchev–Trinajstić information content (AvgIpc) is 2.93. The summed E-state index contributed by atoms with van der Waals surface area (Å²) in [6, 6.07) is 7.09. The first kappa shape index (κ1) is 16.2. The summed E-state index contributed by atoms with van der Waals surface area (Å²) in [6.07, 6.45) is 0.323. The number of aryl methyl sites for hydroxylation is 2. The first-order chi connectivity index (χ1) is 11.5. The van der Waals surface area contributed by atoms with Gasteiger partial charge in [-0.15, -0.1) is 0 Å². The summed E-state index contributed by atoms with van der Waals surface area (Å²) < 4.78 is 14.7. The molecule has 0 unspecified atom stereocenters. The smallest absolute Gasteiger partial charge is 0.243 e. The van der Waals surface area contributed by atoms with Crippen molar-refractivity contribution < 1.29 is 14.0 Å². The van der Waals surface area contributed by atoms with E-state index in [2.05, 4.69) is 10.4 Å². The van der Waals surface area contributed by atoms with E-state index < -0.39 is 6.04 Å². The Hall–Kier alpha value is -2.70. The van der Waals surface area contributed by atoms with Gasteiger partial charge in [-0.1, -0.05) is 12.1 Å². The van der Waals surface area contributed by atoms with Crippen molar-refractivity contribution in [2.45, 2.75) is 39.4 Å². The fourth-order valence-corrected chi connectivity index (χ4v) is 2.81. The highest BCUT2D eigenvalue weighted by Crippen LogP contribution is 2.24. The molecule has 1 aromatic heterocycles. The second-order valence-corrected chi connectivity index (χ2v) is 5.90. The molecule has 0 fully saturated rings. The Morgan fingerprint density at radius 2 is 2.08 bits per heavy atom. The lowest BCUT2D eigenvalue weighted by molar-refractivity contribution is -0.126. The maximum Gasteiger partial charge on any atom is 0.243 e. The molecule has 3 rings (SSSR count). The van der Waals surface area contributed by atoms with E-state index in [-0.39, 0.29) is 24.2 Å². The van der Waals surface area contributed by atoms with Crippen LogP contribution in [0.1, 0.15) is 24.6 Å². The van der Waals surface area contributed by atoms with Crippen molar-refractivity contribution >= 4 is 17.6 Å². The van der Waals surface area contributed by atoms with Crippen LogP contribution in [-0.4, -0.2) is 27.6 Å². The molecular weight excluding hydrogens is 311 g/mol. The molecule has 24 heavy (non-hydrogen) atoms. The summed E-state index contributed by atoms with van der Waals surface area (Å²) in [6.45, 7) is 4.36. The van der Waals surface area contributed by atoms with Crippen LogP contribution in [0.3, 0.4) is 0 Å². The van der Waals surface area contributed by atoms with E-state index in [1.54, 1.807) is 29.8 Å². The van der Waals surface area contributed by atoms with Gasteiger partial charge in [-0.2, -0.15) is 5.10 Å². The van der Waals surface area contributed by atoms with Gasteiger partial charge in [0.05, 0.1) is 12.2 Å². The van der Waals surface area contributed by atoms with Crippen LogP contribution in [0.15, 0.2) is 30.3 Å². The van der Waals surface area contributed by atoms with Crippen molar-refractivity contribution in [1.82, 2.24) is 15.1 Å². The van der Waals surface area contributed by atoms with Gasteiger partial charge < -0.3 is 5.32 Å². The normalized spacial score (nSPS) is 15.1. The summed E-state index contributed by atoms with van der Waals surface area (Å²) in [5.41, 5.74) is 1.60. The first-order valence-corrected chi connectivity index (χ1v) is 7.84. The monoisotopic (exact) mass is 330 g/mol. The SMILES string of the molecule is Cc1cc2n(n1)CCC(=O)N2[C@H](C)C(=O)NCc1ccc(F)cc1. The van der Waals surface area contributed by atoms with Gasteiger partial charge in [0.1, 0.15) is 17.7 Å². The van der Waals surface area contributed by atoms with E-state index >= 15 is 0 Å². The Morgan fingerprint density at radius 1 is 1.38 bits per heavy atom. The number of nitrogens with zero attached hydrogens (tertiary/aromatic N) is 3. The van der Waals surface area contributed by atoms with Crippen molar-refractivity contribution in [2.24, 2.45) is 0 Å². The third-order valence-electron chi connectivity index (χ3n) is 4.08. The number of hydrogen-bond donors (Lipinski definition) is 1. The van der Waals surface area contributed by atoms with E-state index in [4.69, 9.17) is 0 Å². The zero-order valence-electron chi connectivity index (χ0n) is 13.6. The minimum absolute atomic E-state index is 0.0909. The molecule has 0 spiro atoms. The maximum absolute atomic E-state index is 12.9. The molecule has 126 valence electrons. The number of rotatable bonds is 4. The minimum atomic E-state index is -0.645. The topological polar surface area (TPSA) is 67.2 Å². The summed E-state index contributed by atoms with van der Waals surface area (Å²) in [4.78, 5) is 26.2. The van der Waals surface area contributed by atoms with Crippen LogP contribution in [0.2, 0.25) is 0 Å². The highest BCUT2D eigenvalue weighted by molar-refractivity contribution is 6.00. The molecule has 6 nitrogen and oxygen atoms in total. The fraction of sp³-hybridized carbons (Fsp3) is 0.353. The predicted molar refractivity (Wildman–Crippen MR) is 86.8 cm³/mol. The van der Waals surface area contributed by atoms with Crippen LogP contribution in [0, 0.1) is 12.7 Å². The van der Waals surface area contributed by atoms with Crippen LogP contribution >= 0.6 is 0 Å². The predicted octanol–water partition coefficient (Wildman–Crippen LogP) is 1.77. The van der Waals surface area contributed by atoms with Gasteiger partial charge in [-0.3, -0.25) is 14.5 Å². The number of amides is 2. The number of benzene rings is 1. The molecule has 0 saturated carbocycles. The number of aromatic nitrogens is 2. The molecule has 0 saturated heterocycles. The zero-order valence-corrected chi connectivity index (χ0v) is 13.6. The Morgan fingerprint density at radius 3 is 2.79 bits per heavy atom. The molecule has 1 aliphatic rings. The molecule has 2 amide bonds. The number of carbonyl (C=O) groups is 2. The van der Waals surface area contributed by atoms with Gasteiger partial charge in [0.15, 0.2) is 0 Å². The van der Waals surface area contributed by atoms with Crippen LogP contribution in [0.5, 0.6) is 0 Å². The van der Waals surface area contributed by atoms with Gasteiger partial charge in [0, 0.05) is 19.0 Å². The number of nitrogens with one attached hydrogen (secondary N) is 1. The summed E-state index contributed by atoms with van der Waals surface area (Å²) >= 11 is 0. The molecule has 0 bridgehead atoms. The van der Waals surface area contributed by atoms with Gasteiger partial charge in [-0.05, 0) is 31.5 Å². The molecule has 2 heterocycles. The van der Waals surface area contributed by atoms with E-state index in [1.165, 1.54) is 17.0 Å². The average molecular weight is 330 g/mol. The van der Waals surface area contributed by atoms with E-state index in [1.807, 2.05) is 6.92 Å². The summed E-state index contributed by atoms with van der Waals surface area (Å²) in [5, 5.41) is 7.12. The lowest BCUT2D eigenvalue weighted by atomic mass is 10.2. The van der Waals surface area contributed by atoms with E-state index in [0.29, 0.717) is 18.8 Å². The van der Waals surface area contributed by atoms with Crippen molar-refractivity contribution in [2.75, 3.05) is 4.90 Å². The molecule has 1 atom stereocenters. The molecule has 1 N–H and O–H groups in total. The van der Waals surface area contributed by atoms with Crippen LogP contribution < -0.4 is 10.2 Å². The quantitative estimate of drug-likeness (QED) is 0.929. The molecule has 0 aliphatic carbocycles. The van der Waals surface area contributed by atoms with Crippen LogP contribution in [0.4, 0.5) is 10.2 Å². The number of carbonyl (C=O) groups excluding carboxylic acids is 2. The third kappa shape index (κ3) is 3.15. The standard InChI is InChI=1S/C17H19FN4O2/c1-11-9-15-21(20-11)8-7-16(23)22(15)12(2)17(24)19-10-13-3-5-14(18)6-4-13/h3-6,9,12H,7-8,10H2,1-2H3,(H,19,24)/t12-/m1/s1. The molecule has 1 aliphatic heterocycles. The lowest BCUT2D eigenvalue weighted by Gasteiger charge is -2.31. The third-order valence-corrected chi connectivity index (χ3v) is 4.08. The number of halogens is 1. The van der Waals surface area contributed by atoms with E-state index in [9.17, 15) is 14.0 Å². The zero-order chi connectivity index (χ0) is 17.3. The Balaban J connectivity index is 1.71. The highest BCUT2D eigenvalue weighted by Gasteiger charge is 2.32. The Kier molecular flexibility index (Phi) is 4.33. The van der Waals surface area contributed by atoms with Crippen molar-refractivity contribution in [1.29, 1.82) is 0 Å². The van der Waals surface area contributed by atoms with Gasteiger partial charge in [-0.25, -0.2) is 9.07 Å². The Labute approximate surface area is 139 Å². The summed E-state index contributed by atoms with van der Waals surface area (Å²) in [7, 11) is 0. The van der Waals surface area contributed by atoms with Gasteiger partial charge >= 0.3 is 0 Å². The molecule has 2 aromatic rings. The highest BCUT2D eigenvalue weighted by atomic mass is 19.1. The second-order valence-electron chi connectivity index (χ2n) is 5.90. The van der Waals surface area contributed by atoms with Crippen molar-refractivity contribution in [3.8, 4) is 0 Å². The lowest BCUT2D eigenvalue weighted by Crippen LogP contribution is -2.50. The number of fused-ring (bicyclic) bond motifs is 1. The summed E-state index contributed by atoms with van der Waals surface area (Å²) in [5.74, 6) is -0.0269. The Bertz CT molecular complexity index is 769. The largest absolute Gasteiger partial charge is 0.350 e. The molecular formula is C17H19FN4O2. The van der Waals surface area contributed by atoms with Crippen molar-refractivity contribution in [3.63, 3.8) is 0 Å². The van der Waals surface area contributed by atoms with Gasteiger partial charge in [0.25, 0.3) is 0 Å². The van der Waals surface area contributed by atoms with Crippen molar-refractivity contribution in [3.05, 3.63) is 47.4 Å². The first-order valence-electron chi connectivity index (χ1n) is 7.84. The van der Waals surface area contributed by atoms with Crippen LogP contribution in [0.25, 0.3) is 0 Å². The molecule has 1 aromatic carbocycles. The fourth-order valence-electron chi connectivity index (χ4n) is 2.81. The number of hydrogen-bond acceptors (Lipinski definition) is 3. The maximum atomic E-state index is 12.9.